The number of rotatable bonds is 15. The van der Waals surface area contributed by atoms with Crippen LogP contribution < -0.4 is 24.8 Å². The van der Waals surface area contributed by atoms with E-state index in [-0.39, 0.29) is 37.0 Å². The van der Waals surface area contributed by atoms with Crippen molar-refractivity contribution in [2.45, 2.75) is 19.8 Å². The zero-order valence-electron chi connectivity index (χ0n) is 29.3. The average molecular weight is 714 g/mol. The Morgan fingerprint density at radius 1 is 0.642 bits per heavy atom. The van der Waals surface area contributed by atoms with E-state index in [1.807, 2.05) is 54.6 Å². The lowest BCUT2D eigenvalue weighted by Gasteiger charge is -2.14. The quantitative estimate of drug-likeness (QED) is 0.0569. The van der Waals surface area contributed by atoms with Gasteiger partial charge in [0.25, 0.3) is 0 Å². The fraction of sp³-hybridized carbons (Fsp3) is 0.143. The molecule has 0 aliphatic heterocycles. The Morgan fingerprint density at radius 3 is 1.81 bits per heavy atom. The van der Waals surface area contributed by atoms with Crippen molar-refractivity contribution in [1.82, 2.24) is 10.6 Å². The minimum Gasteiger partial charge on any atom is -0.497 e. The Kier molecular flexibility index (Phi) is 13.3. The van der Waals surface area contributed by atoms with E-state index in [0.29, 0.717) is 29.2 Å². The normalized spacial score (nSPS) is 10.6. The first-order valence-electron chi connectivity index (χ1n) is 16.6. The van der Waals surface area contributed by atoms with Gasteiger partial charge in [0, 0.05) is 17.7 Å². The third-order valence-corrected chi connectivity index (χ3v) is 7.88. The summed E-state index contributed by atoms with van der Waals surface area (Å²) in [4.78, 5) is 38.1. The van der Waals surface area contributed by atoms with Crippen molar-refractivity contribution in [2.75, 3.05) is 20.8 Å². The minimum atomic E-state index is -0.806. The number of amidine groups is 1. The molecule has 0 bridgehead atoms. The van der Waals surface area contributed by atoms with E-state index in [1.54, 1.807) is 87.0 Å². The molecule has 0 heterocycles. The van der Waals surface area contributed by atoms with Crippen molar-refractivity contribution in [2.24, 2.45) is 0 Å². The van der Waals surface area contributed by atoms with Crippen LogP contribution in [-0.2, 0) is 29.3 Å². The molecule has 0 aliphatic carbocycles. The standard InChI is InChI=1S/C42H39N3O8/c1-49-35-19-14-31(15-20-35)27-52-41(47)44-24-6-7-29-10-12-30(13-11-29)26-51-38-23-18-34(25-37(38)39(46)33-8-4-3-5-9-33)40(43)45-42(48)53-28-32-16-21-36(50-2)22-17-32/h3-23,25H,24,26-28H2,1-2H3,(H,44,47)(H2,43,45,48)/b7-6+. The molecule has 11 heteroatoms. The smallest absolute Gasteiger partial charge is 0.413 e. The highest BCUT2D eigenvalue weighted by Crippen LogP contribution is 2.25. The van der Waals surface area contributed by atoms with Crippen LogP contribution in [0.4, 0.5) is 9.59 Å². The third-order valence-electron chi connectivity index (χ3n) is 7.88. The van der Waals surface area contributed by atoms with E-state index in [1.165, 1.54) is 6.07 Å². The van der Waals surface area contributed by atoms with Gasteiger partial charge in [0.1, 0.15) is 42.9 Å². The summed E-state index contributed by atoms with van der Waals surface area (Å²) in [5, 5.41) is 13.6. The van der Waals surface area contributed by atoms with Crippen LogP contribution in [0.1, 0.15) is 43.7 Å². The Bertz CT molecular complexity index is 2030. The molecule has 0 unspecified atom stereocenters. The first-order chi connectivity index (χ1) is 25.8. The number of nitrogens with one attached hydrogen (secondary N) is 3. The van der Waals surface area contributed by atoms with Crippen molar-refractivity contribution >= 4 is 29.9 Å². The van der Waals surface area contributed by atoms with Crippen LogP contribution >= 0.6 is 0 Å². The van der Waals surface area contributed by atoms with Gasteiger partial charge in [-0.2, -0.15) is 0 Å². The van der Waals surface area contributed by atoms with Crippen LogP contribution in [-0.4, -0.2) is 44.6 Å². The van der Waals surface area contributed by atoms with E-state index in [9.17, 15) is 14.4 Å². The fourth-order valence-corrected chi connectivity index (χ4v) is 4.96. The Labute approximate surface area is 307 Å². The summed E-state index contributed by atoms with van der Waals surface area (Å²) in [6.07, 6.45) is 2.37. The molecule has 53 heavy (non-hydrogen) atoms. The summed E-state index contributed by atoms with van der Waals surface area (Å²) < 4.78 is 26.9. The molecular formula is C42H39N3O8. The number of amides is 2. The maximum atomic E-state index is 13.6. The SMILES string of the molecule is COc1ccc(COC(=O)NC/C=C/c2ccc(COc3ccc(C(=N)NC(=O)OCc4ccc(OC)cc4)cc3C(=O)c3ccccc3)cc2)cc1. The predicted molar refractivity (Wildman–Crippen MR) is 200 cm³/mol. The molecule has 0 fully saturated rings. The number of benzene rings is 5. The van der Waals surface area contributed by atoms with Gasteiger partial charge in [0.05, 0.1) is 19.8 Å². The fourth-order valence-electron chi connectivity index (χ4n) is 4.96. The molecule has 270 valence electrons. The predicted octanol–water partition coefficient (Wildman–Crippen LogP) is 7.71. The lowest BCUT2D eigenvalue weighted by molar-refractivity contribution is 0.103. The number of methoxy groups -OCH3 is 2. The first kappa shape index (κ1) is 37.4. The Hall–Kier alpha value is -6.88. The second-order valence-corrected chi connectivity index (χ2v) is 11.6. The minimum absolute atomic E-state index is 0.00516. The maximum absolute atomic E-state index is 13.6. The van der Waals surface area contributed by atoms with Crippen LogP contribution in [0.2, 0.25) is 0 Å². The Morgan fingerprint density at radius 2 is 1.21 bits per heavy atom. The Balaban J connectivity index is 1.15. The highest BCUT2D eigenvalue weighted by molar-refractivity contribution is 6.13. The number of hydrogen-bond donors (Lipinski definition) is 3. The van der Waals surface area contributed by atoms with E-state index < -0.39 is 12.2 Å². The summed E-state index contributed by atoms with van der Waals surface area (Å²) in [6, 6.07) is 35.5. The molecule has 11 nitrogen and oxygen atoms in total. The molecule has 3 N–H and O–H groups in total. The molecule has 0 saturated heterocycles. The average Bonchev–Trinajstić information content (AvgIpc) is 3.20. The molecule has 0 spiro atoms. The van der Waals surface area contributed by atoms with Gasteiger partial charge in [-0.25, -0.2) is 9.59 Å². The summed E-state index contributed by atoms with van der Waals surface area (Å²) in [7, 11) is 3.16. The summed E-state index contributed by atoms with van der Waals surface area (Å²) in [5.74, 6) is 1.21. The molecule has 5 aromatic rings. The largest absolute Gasteiger partial charge is 0.497 e. The zero-order valence-corrected chi connectivity index (χ0v) is 29.3. The van der Waals surface area contributed by atoms with E-state index in [4.69, 9.17) is 29.1 Å². The molecule has 5 aromatic carbocycles. The molecule has 2 amide bonds. The molecule has 0 aliphatic rings. The van der Waals surface area contributed by atoms with Gasteiger partial charge in [0.2, 0.25) is 0 Å². The highest BCUT2D eigenvalue weighted by atomic mass is 16.6. The summed E-state index contributed by atoms with van der Waals surface area (Å²) >= 11 is 0. The second kappa shape index (κ2) is 18.9. The summed E-state index contributed by atoms with van der Waals surface area (Å²) in [6.45, 7) is 0.621. The van der Waals surface area contributed by atoms with E-state index in [0.717, 1.165) is 28.0 Å². The van der Waals surface area contributed by atoms with Crippen LogP contribution in [0, 0.1) is 5.41 Å². The van der Waals surface area contributed by atoms with Crippen molar-refractivity contribution in [3.8, 4) is 17.2 Å². The van der Waals surface area contributed by atoms with E-state index >= 15 is 0 Å². The van der Waals surface area contributed by atoms with Gasteiger partial charge < -0.3 is 29.0 Å². The van der Waals surface area contributed by atoms with Gasteiger partial charge in [-0.1, -0.05) is 91.0 Å². The highest BCUT2D eigenvalue weighted by Gasteiger charge is 2.18. The second-order valence-electron chi connectivity index (χ2n) is 11.6. The van der Waals surface area contributed by atoms with E-state index in [2.05, 4.69) is 10.6 Å². The first-order valence-corrected chi connectivity index (χ1v) is 16.6. The number of carbonyl (C=O) groups is 3. The lowest BCUT2D eigenvalue weighted by atomic mass is 10.00. The molecule has 5 rings (SSSR count). The lowest BCUT2D eigenvalue weighted by Crippen LogP contribution is -2.31. The van der Waals surface area contributed by atoms with Crippen LogP contribution in [0.25, 0.3) is 6.08 Å². The van der Waals surface area contributed by atoms with Crippen molar-refractivity contribution in [3.63, 3.8) is 0 Å². The molecule has 0 aromatic heterocycles. The van der Waals surface area contributed by atoms with Gasteiger partial charge >= 0.3 is 12.2 Å². The van der Waals surface area contributed by atoms with Crippen LogP contribution in [0.3, 0.4) is 0 Å². The summed E-state index contributed by atoms with van der Waals surface area (Å²) in [5.41, 5.74) is 4.37. The van der Waals surface area contributed by atoms with Crippen LogP contribution in [0.5, 0.6) is 17.2 Å². The van der Waals surface area contributed by atoms with Crippen LogP contribution in [0.15, 0.2) is 127 Å². The van der Waals surface area contributed by atoms with Crippen molar-refractivity contribution in [3.05, 3.63) is 166 Å². The molecule has 0 atom stereocenters. The maximum Gasteiger partial charge on any atom is 0.413 e. The van der Waals surface area contributed by atoms with Crippen molar-refractivity contribution < 1.29 is 38.1 Å². The number of alkyl carbamates (subject to hydrolysis) is 2. The van der Waals surface area contributed by atoms with Gasteiger partial charge in [-0.3, -0.25) is 15.5 Å². The number of hydrogen-bond acceptors (Lipinski definition) is 9. The van der Waals surface area contributed by atoms with Gasteiger partial charge in [-0.05, 0) is 64.7 Å². The zero-order chi connectivity index (χ0) is 37.4. The van der Waals surface area contributed by atoms with Gasteiger partial charge in [0.15, 0.2) is 5.78 Å². The van der Waals surface area contributed by atoms with Crippen molar-refractivity contribution in [1.29, 1.82) is 5.41 Å². The molecular weight excluding hydrogens is 674 g/mol. The topological polar surface area (TPSA) is 145 Å². The molecule has 0 radical (unpaired) electrons. The monoisotopic (exact) mass is 713 g/mol. The third kappa shape index (κ3) is 11.3. The number of ketones is 1. The molecule has 0 saturated carbocycles. The van der Waals surface area contributed by atoms with Gasteiger partial charge in [-0.15, -0.1) is 0 Å². The number of ether oxygens (including phenoxy) is 5. The number of carbonyl (C=O) groups excluding carboxylic acids is 3.